The molecule has 0 amide bonds. The zero-order chi connectivity index (χ0) is 15.8. The maximum Gasteiger partial charge on any atom is 0.253 e. The van der Waals surface area contributed by atoms with Crippen molar-refractivity contribution in [2.75, 3.05) is 10.5 Å². The molecule has 0 saturated heterocycles. The van der Waals surface area contributed by atoms with Gasteiger partial charge in [0.1, 0.15) is 5.82 Å². The van der Waals surface area contributed by atoms with Crippen LogP contribution < -0.4 is 4.72 Å². The maximum absolute atomic E-state index is 13.0. The van der Waals surface area contributed by atoms with Gasteiger partial charge in [-0.25, -0.2) is 17.5 Å². The van der Waals surface area contributed by atoms with Crippen LogP contribution in [0.1, 0.15) is 6.92 Å². The van der Waals surface area contributed by atoms with Crippen LogP contribution >= 0.6 is 11.6 Å². The Balaban J connectivity index is 2.52. The fraction of sp³-hybridized carbons (Fsp3) is 0.167. The molecule has 0 aliphatic heterocycles. The minimum absolute atomic E-state index is 0.0658. The number of anilines is 1. The van der Waals surface area contributed by atoms with Crippen LogP contribution in [0, 0.1) is 5.82 Å². The molecule has 2 rings (SSSR count). The molecule has 0 unspecified atom stereocenters. The standard InChI is InChI=1S/C12H11ClFNO5S/c1-2-21(18,19)15-12-10(17)9(16)11(20-12)7-4-3-6(14)5-8(7)13/h3-5,15-17H,2H2,1H3. The fourth-order valence-corrected chi connectivity index (χ4v) is 2.37. The number of hydrogen-bond donors (Lipinski definition) is 3. The van der Waals surface area contributed by atoms with Gasteiger partial charge in [0.2, 0.25) is 21.5 Å². The van der Waals surface area contributed by atoms with Gasteiger partial charge in [-0.2, -0.15) is 0 Å². The first-order valence-electron chi connectivity index (χ1n) is 5.75. The Bertz CT molecular complexity index is 787. The van der Waals surface area contributed by atoms with E-state index in [4.69, 9.17) is 16.0 Å². The third-order valence-corrected chi connectivity index (χ3v) is 4.23. The number of nitrogens with one attached hydrogen (secondary N) is 1. The van der Waals surface area contributed by atoms with Crippen LogP contribution in [0.3, 0.4) is 0 Å². The van der Waals surface area contributed by atoms with Gasteiger partial charge in [0.15, 0.2) is 5.76 Å². The Hall–Kier alpha value is -1.93. The zero-order valence-corrected chi connectivity index (χ0v) is 12.3. The minimum Gasteiger partial charge on any atom is -0.502 e. The van der Waals surface area contributed by atoms with Crippen LogP contribution in [-0.2, 0) is 10.0 Å². The molecule has 0 atom stereocenters. The Labute approximate surface area is 124 Å². The van der Waals surface area contributed by atoms with Crippen molar-refractivity contribution in [3.05, 3.63) is 29.0 Å². The number of rotatable bonds is 4. The second-order valence-electron chi connectivity index (χ2n) is 4.09. The molecule has 1 aromatic heterocycles. The van der Waals surface area contributed by atoms with Crippen LogP contribution in [0.15, 0.2) is 22.6 Å². The first-order valence-corrected chi connectivity index (χ1v) is 7.78. The summed E-state index contributed by atoms with van der Waals surface area (Å²) in [6, 6.07) is 3.30. The second kappa shape index (κ2) is 5.45. The van der Waals surface area contributed by atoms with E-state index in [0.29, 0.717) is 0 Å². The van der Waals surface area contributed by atoms with Crippen LogP contribution in [-0.4, -0.2) is 24.4 Å². The molecule has 1 heterocycles. The van der Waals surface area contributed by atoms with Gasteiger partial charge < -0.3 is 14.6 Å². The van der Waals surface area contributed by atoms with Crippen molar-refractivity contribution in [1.29, 1.82) is 0 Å². The van der Waals surface area contributed by atoms with Gasteiger partial charge in [0.25, 0.3) is 5.88 Å². The second-order valence-corrected chi connectivity index (χ2v) is 6.51. The number of sulfonamides is 1. The molecule has 3 N–H and O–H groups in total. The summed E-state index contributed by atoms with van der Waals surface area (Å²) in [7, 11) is -3.71. The topological polar surface area (TPSA) is 99.8 Å². The Morgan fingerprint density at radius 3 is 2.57 bits per heavy atom. The van der Waals surface area contributed by atoms with E-state index in [-0.39, 0.29) is 22.1 Å². The average molecular weight is 336 g/mol. The zero-order valence-electron chi connectivity index (χ0n) is 10.7. The number of halogens is 2. The van der Waals surface area contributed by atoms with Crippen molar-refractivity contribution < 1.29 is 27.4 Å². The largest absolute Gasteiger partial charge is 0.502 e. The quantitative estimate of drug-likeness (QED) is 0.797. The molecule has 21 heavy (non-hydrogen) atoms. The third-order valence-electron chi connectivity index (χ3n) is 2.66. The van der Waals surface area contributed by atoms with Crippen LogP contribution in [0.2, 0.25) is 5.02 Å². The molecular weight excluding hydrogens is 325 g/mol. The van der Waals surface area contributed by atoms with Crippen molar-refractivity contribution in [2.45, 2.75) is 6.92 Å². The van der Waals surface area contributed by atoms with E-state index < -0.39 is 33.2 Å². The molecule has 9 heteroatoms. The predicted octanol–water partition coefficient (Wildman–Crippen LogP) is 2.91. The summed E-state index contributed by atoms with van der Waals surface area (Å²) >= 11 is 5.83. The minimum atomic E-state index is -3.71. The number of hydrogen-bond acceptors (Lipinski definition) is 5. The van der Waals surface area contributed by atoms with E-state index in [2.05, 4.69) is 0 Å². The Morgan fingerprint density at radius 2 is 2.00 bits per heavy atom. The molecule has 0 aliphatic rings. The highest BCUT2D eigenvalue weighted by Crippen LogP contribution is 2.47. The lowest BCUT2D eigenvalue weighted by Gasteiger charge is -2.02. The molecule has 114 valence electrons. The van der Waals surface area contributed by atoms with Crippen LogP contribution in [0.4, 0.5) is 10.3 Å². The van der Waals surface area contributed by atoms with Gasteiger partial charge in [-0.05, 0) is 25.1 Å². The smallest absolute Gasteiger partial charge is 0.253 e. The normalized spacial score (nSPS) is 11.6. The molecule has 0 fully saturated rings. The highest BCUT2D eigenvalue weighted by Gasteiger charge is 2.24. The molecule has 0 bridgehead atoms. The van der Waals surface area contributed by atoms with Crippen molar-refractivity contribution >= 4 is 27.5 Å². The summed E-state index contributed by atoms with van der Waals surface area (Å²) in [4.78, 5) is 0. The SMILES string of the molecule is CCS(=O)(=O)Nc1oc(-c2ccc(F)cc2Cl)c(O)c1O. The van der Waals surface area contributed by atoms with Gasteiger partial charge in [-0.15, -0.1) is 0 Å². The lowest BCUT2D eigenvalue weighted by Crippen LogP contribution is -2.14. The maximum atomic E-state index is 13.0. The molecular formula is C12H11ClFNO5S. The lowest BCUT2D eigenvalue weighted by atomic mass is 10.1. The molecule has 0 radical (unpaired) electrons. The first kappa shape index (κ1) is 15.5. The van der Waals surface area contributed by atoms with Gasteiger partial charge in [-0.1, -0.05) is 11.6 Å². The molecule has 0 aliphatic carbocycles. The molecule has 2 aromatic rings. The number of benzene rings is 1. The molecule has 6 nitrogen and oxygen atoms in total. The van der Waals surface area contributed by atoms with E-state index in [9.17, 15) is 23.0 Å². The summed E-state index contributed by atoms with van der Waals surface area (Å²) in [6.07, 6.45) is 0. The number of furan rings is 1. The van der Waals surface area contributed by atoms with Crippen molar-refractivity contribution in [2.24, 2.45) is 0 Å². The molecule has 0 spiro atoms. The van der Waals surface area contributed by atoms with Gasteiger partial charge in [0, 0.05) is 5.56 Å². The van der Waals surface area contributed by atoms with Crippen molar-refractivity contribution in [3.63, 3.8) is 0 Å². The van der Waals surface area contributed by atoms with E-state index in [1.807, 2.05) is 4.72 Å². The van der Waals surface area contributed by atoms with Crippen molar-refractivity contribution in [3.8, 4) is 22.8 Å². The summed E-state index contributed by atoms with van der Waals surface area (Å²) in [5, 5.41) is 19.4. The highest BCUT2D eigenvalue weighted by atomic mass is 35.5. The molecule has 1 aromatic carbocycles. The summed E-state index contributed by atoms with van der Waals surface area (Å²) < 4.78 is 43.0. The summed E-state index contributed by atoms with van der Waals surface area (Å²) in [5.41, 5.74) is 0.104. The summed E-state index contributed by atoms with van der Waals surface area (Å²) in [5.74, 6) is -3.12. The van der Waals surface area contributed by atoms with Crippen LogP contribution in [0.5, 0.6) is 11.5 Å². The van der Waals surface area contributed by atoms with E-state index in [1.165, 1.54) is 13.0 Å². The van der Waals surface area contributed by atoms with E-state index in [1.54, 1.807) is 0 Å². The number of aromatic hydroxyl groups is 2. The fourth-order valence-electron chi connectivity index (χ4n) is 1.55. The van der Waals surface area contributed by atoms with Crippen molar-refractivity contribution in [1.82, 2.24) is 0 Å². The monoisotopic (exact) mass is 335 g/mol. The Kier molecular flexibility index (Phi) is 4.02. The Morgan fingerprint density at radius 1 is 1.33 bits per heavy atom. The highest BCUT2D eigenvalue weighted by molar-refractivity contribution is 7.92. The van der Waals surface area contributed by atoms with E-state index in [0.717, 1.165) is 12.1 Å². The van der Waals surface area contributed by atoms with E-state index >= 15 is 0 Å². The molecule has 0 saturated carbocycles. The summed E-state index contributed by atoms with van der Waals surface area (Å²) in [6.45, 7) is 1.39. The average Bonchev–Trinajstić information content (AvgIpc) is 2.67. The third kappa shape index (κ3) is 3.06. The van der Waals surface area contributed by atoms with Crippen LogP contribution in [0.25, 0.3) is 11.3 Å². The van der Waals surface area contributed by atoms with Gasteiger partial charge in [-0.3, -0.25) is 0 Å². The predicted molar refractivity (Wildman–Crippen MR) is 75.5 cm³/mol. The van der Waals surface area contributed by atoms with Gasteiger partial charge >= 0.3 is 0 Å². The first-order chi connectivity index (χ1) is 9.75. The lowest BCUT2D eigenvalue weighted by molar-refractivity contribution is 0.410. The van der Waals surface area contributed by atoms with Gasteiger partial charge in [0.05, 0.1) is 10.8 Å².